The standard InChI is InChI=1S/C16H17N3OS/c1-11(12-6-4-3-5-7-12)19(2)10-14-17-13-8-9-21-15(13)16(20)18-14/h3-9,11H,10H2,1-2H3,(H,17,18,20)/t11-/m0/s1. The van der Waals surface area contributed by atoms with Crippen LogP contribution in [0.15, 0.2) is 46.6 Å². The average molecular weight is 299 g/mol. The molecule has 0 amide bonds. The van der Waals surface area contributed by atoms with Gasteiger partial charge in [0, 0.05) is 6.04 Å². The molecule has 5 heteroatoms. The van der Waals surface area contributed by atoms with Crippen molar-refractivity contribution in [2.45, 2.75) is 19.5 Å². The molecule has 0 aliphatic heterocycles. The molecule has 1 aromatic carbocycles. The van der Waals surface area contributed by atoms with Gasteiger partial charge in [-0.15, -0.1) is 11.3 Å². The van der Waals surface area contributed by atoms with Gasteiger partial charge >= 0.3 is 0 Å². The molecule has 0 radical (unpaired) electrons. The second-order valence-electron chi connectivity index (χ2n) is 5.15. The van der Waals surface area contributed by atoms with Crippen molar-refractivity contribution in [2.75, 3.05) is 7.05 Å². The molecule has 21 heavy (non-hydrogen) atoms. The Morgan fingerprint density at radius 2 is 2.05 bits per heavy atom. The van der Waals surface area contributed by atoms with E-state index in [2.05, 4.69) is 33.9 Å². The predicted molar refractivity (Wildman–Crippen MR) is 86.6 cm³/mol. The monoisotopic (exact) mass is 299 g/mol. The molecule has 0 unspecified atom stereocenters. The van der Waals surface area contributed by atoms with E-state index in [-0.39, 0.29) is 11.6 Å². The lowest BCUT2D eigenvalue weighted by Crippen LogP contribution is -2.24. The van der Waals surface area contributed by atoms with Crippen molar-refractivity contribution in [1.29, 1.82) is 0 Å². The van der Waals surface area contributed by atoms with E-state index < -0.39 is 0 Å². The molecule has 108 valence electrons. The lowest BCUT2D eigenvalue weighted by molar-refractivity contribution is 0.247. The molecule has 2 heterocycles. The number of thiophene rings is 1. The van der Waals surface area contributed by atoms with Gasteiger partial charge in [-0.2, -0.15) is 0 Å². The number of rotatable bonds is 4. The Balaban J connectivity index is 1.83. The van der Waals surface area contributed by atoms with E-state index in [1.807, 2.05) is 36.7 Å². The van der Waals surface area contributed by atoms with E-state index in [1.54, 1.807) is 0 Å². The molecule has 3 aromatic rings. The van der Waals surface area contributed by atoms with E-state index in [0.29, 0.717) is 17.1 Å². The van der Waals surface area contributed by atoms with Gasteiger partial charge in [-0.25, -0.2) is 4.98 Å². The van der Waals surface area contributed by atoms with Crippen molar-refractivity contribution in [3.8, 4) is 0 Å². The topological polar surface area (TPSA) is 49.0 Å². The summed E-state index contributed by atoms with van der Waals surface area (Å²) in [6, 6.07) is 12.5. The number of aromatic amines is 1. The van der Waals surface area contributed by atoms with Crippen LogP contribution in [-0.2, 0) is 6.54 Å². The third-order valence-corrected chi connectivity index (χ3v) is 4.61. The lowest BCUT2D eigenvalue weighted by atomic mass is 10.1. The lowest BCUT2D eigenvalue weighted by Gasteiger charge is -2.24. The quantitative estimate of drug-likeness (QED) is 0.805. The number of benzene rings is 1. The summed E-state index contributed by atoms with van der Waals surface area (Å²) < 4.78 is 0.692. The summed E-state index contributed by atoms with van der Waals surface area (Å²) in [6.45, 7) is 2.76. The highest BCUT2D eigenvalue weighted by Crippen LogP contribution is 2.20. The first-order chi connectivity index (χ1) is 10.1. The Bertz CT molecular complexity index is 794. The normalized spacial score (nSPS) is 12.9. The van der Waals surface area contributed by atoms with Crippen LogP contribution in [0.3, 0.4) is 0 Å². The fourth-order valence-corrected chi connectivity index (χ4v) is 3.08. The minimum absolute atomic E-state index is 0.0502. The van der Waals surface area contributed by atoms with Crippen LogP contribution in [0.1, 0.15) is 24.4 Å². The van der Waals surface area contributed by atoms with Gasteiger partial charge in [-0.05, 0) is 31.0 Å². The molecule has 0 spiro atoms. The van der Waals surface area contributed by atoms with Gasteiger partial charge in [0.2, 0.25) is 0 Å². The molecule has 1 N–H and O–H groups in total. The first-order valence-corrected chi connectivity index (χ1v) is 7.74. The van der Waals surface area contributed by atoms with E-state index in [0.717, 1.165) is 5.52 Å². The Labute approximate surface area is 127 Å². The van der Waals surface area contributed by atoms with Crippen molar-refractivity contribution in [3.05, 3.63) is 63.5 Å². The Morgan fingerprint density at radius 1 is 1.29 bits per heavy atom. The summed E-state index contributed by atoms with van der Waals surface area (Å²) in [6.07, 6.45) is 0. The zero-order valence-electron chi connectivity index (χ0n) is 12.0. The maximum Gasteiger partial charge on any atom is 0.268 e. The highest BCUT2D eigenvalue weighted by Gasteiger charge is 2.13. The van der Waals surface area contributed by atoms with Crippen LogP contribution in [-0.4, -0.2) is 21.9 Å². The zero-order chi connectivity index (χ0) is 14.8. The number of nitrogens with one attached hydrogen (secondary N) is 1. The summed E-state index contributed by atoms with van der Waals surface area (Å²) in [5.41, 5.74) is 1.98. The van der Waals surface area contributed by atoms with Crippen LogP contribution < -0.4 is 5.56 Å². The maximum atomic E-state index is 12.0. The third-order valence-electron chi connectivity index (χ3n) is 3.71. The first kappa shape index (κ1) is 14.0. The largest absolute Gasteiger partial charge is 0.308 e. The summed E-state index contributed by atoms with van der Waals surface area (Å²) in [5, 5.41) is 1.90. The van der Waals surface area contributed by atoms with E-state index in [9.17, 15) is 4.79 Å². The molecule has 0 aliphatic carbocycles. The number of nitrogens with zero attached hydrogens (tertiary/aromatic N) is 2. The Kier molecular flexibility index (Phi) is 3.86. The summed E-state index contributed by atoms with van der Waals surface area (Å²) >= 11 is 1.42. The van der Waals surface area contributed by atoms with Crippen LogP contribution in [0.2, 0.25) is 0 Å². The number of fused-ring (bicyclic) bond motifs is 1. The zero-order valence-corrected chi connectivity index (χ0v) is 12.9. The van der Waals surface area contributed by atoms with Gasteiger partial charge in [0.15, 0.2) is 0 Å². The molecule has 2 aromatic heterocycles. The SMILES string of the molecule is C[C@@H](c1ccccc1)N(C)Cc1nc2ccsc2c(=O)[nH]1. The molecule has 0 saturated heterocycles. The van der Waals surface area contributed by atoms with Crippen molar-refractivity contribution in [3.63, 3.8) is 0 Å². The Hall–Kier alpha value is -1.98. The molecule has 0 bridgehead atoms. The van der Waals surface area contributed by atoms with Crippen LogP contribution in [0, 0.1) is 0 Å². The second kappa shape index (κ2) is 5.79. The smallest absolute Gasteiger partial charge is 0.268 e. The van der Waals surface area contributed by atoms with Crippen molar-refractivity contribution in [1.82, 2.24) is 14.9 Å². The van der Waals surface area contributed by atoms with Crippen molar-refractivity contribution >= 4 is 21.6 Å². The molecule has 0 aliphatic rings. The van der Waals surface area contributed by atoms with Crippen molar-refractivity contribution in [2.24, 2.45) is 0 Å². The average Bonchev–Trinajstić information content (AvgIpc) is 2.96. The predicted octanol–water partition coefficient (Wildman–Crippen LogP) is 3.18. The number of H-pyrrole nitrogens is 1. The van der Waals surface area contributed by atoms with E-state index in [4.69, 9.17) is 0 Å². The molecule has 0 saturated carbocycles. The van der Waals surface area contributed by atoms with Gasteiger partial charge in [0.05, 0.1) is 12.1 Å². The molecular weight excluding hydrogens is 282 g/mol. The molecular formula is C16H17N3OS. The highest BCUT2D eigenvalue weighted by molar-refractivity contribution is 7.17. The first-order valence-electron chi connectivity index (χ1n) is 6.87. The highest BCUT2D eigenvalue weighted by atomic mass is 32.1. The molecule has 1 atom stereocenters. The van der Waals surface area contributed by atoms with E-state index >= 15 is 0 Å². The van der Waals surface area contributed by atoms with Gasteiger partial charge in [-0.1, -0.05) is 30.3 Å². The van der Waals surface area contributed by atoms with Crippen LogP contribution in [0.4, 0.5) is 0 Å². The van der Waals surface area contributed by atoms with Gasteiger partial charge in [0.1, 0.15) is 10.5 Å². The van der Waals surface area contributed by atoms with Crippen LogP contribution in [0.5, 0.6) is 0 Å². The van der Waals surface area contributed by atoms with Crippen LogP contribution >= 0.6 is 11.3 Å². The van der Waals surface area contributed by atoms with Gasteiger partial charge < -0.3 is 4.98 Å². The van der Waals surface area contributed by atoms with Gasteiger partial charge in [0.25, 0.3) is 5.56 Å². The third kappa shape index (κ3) is 2.89. The Morgan fingerprint density at radius 3 is 2.81 bits per heavy atom. The molecule has 3 rings (SSSR count). The number of aromatic nitrogens is 2. The summed E-state index contributed by atoms with van der Waals surface area (Å²) in [7, 11) is 2.04. The van der Waals surface area contributed by atoms with Crippen molar-refractivity contribution < 1.29 is 0 Å². The van der Waals surface area contributed by atoms with Crippen LogP contribution in [0.25, 0.3) is 10.2 Å². The summed E-state index contributed by atoms with van der Waals surface area (Å²) in [5.74, 6) is 0.705. The maximum absolute atomic E-state index is 12.0. The summed E-state index contributed by atoms with van der Waals surface area (Å²) in [4.78, 5) is 21.6. The number of hydrogen-bond donors (Lipinski definition) is 1. The molecule has 4 nitrogen and oxygen atoms in total. The van der Waals surface area contributed by atoms with Gasteiger partial charge in [-0.3, -0.25) is 9.69 Å². The molecule has 0 fully saturated rings. The second-order valence-corrected chi connectivity index (χ2v) is 6.07. The van der Waals surface area contributed by atoms with E-state index in [1.165, 1.54) is 16.9 Å². The fourth-order valence-electron chi connectivity index (χ4n) is 2.36. The number of hydrogen-bond acceptors (Lipinski definition) is 4. The minimum atomic E-state index is -0.0502. The minimum Gasteiger partial charge on any atom is -0.308 e. The fraction of sp³-hybridized carbons (Fsp3) is 0.250.